The molecule has 1 aromatic carbocycles. The van der Waals surface area contributed by atoms with Gasteiger partial charge in [-0.25, -0.2) is 0 Å². The number of morpholine rings is 1. The third kappa shape index (κ3) is 4.30. The zero-order chi connectivity index (χ0) is 16.1. The van der Waals surface area contributed by atoms with E-state index in [-0.39, 0.29) is 17.7 Å². The van der Waals surface area contributed by atoms with Crippen molar-refractivity contribution in [3.05, 3.63) is 35.9 Å². The summed E-state index contributed by atoms with van der Waals surface area (Å²) in [5.41, 5.74) is 1.09. The van der Waals surface area contributed by atoms with E-state index in [1.165, 1.54) is 0 Å². The van der Waals surface area contributed by atoms with Crippen LogP contribution in [0.1, 0.15) is 5.56 Å². The number of benzene rings is 1. The summed E-state index contributed by atoms with van der Waals surface area (Å²) in [6, 6.07) is 9.84. The first kappa shape index (κ1) is 16.0. The topological polar surface area (TPSA) is 61.9 Å². The van der Waals surface area contributed by atoms with Crippen LogP contribution in [0.2, 0.25) is 0 Å². The van der Waals surface area contributed by atoms with Gasteiger partial charge in [0.05, 0.1) is 25.7 Å². The van der Waals surface area contributed by atoms with Crippen molar-refractivity contribution in [3.8, 4) is 0 Å². The van der Waals surface area contributed by atoms with Crippen molar-refractivity contribution in [3.63, 3.8) is 0 Å². The number of carbonyl (C=O) groups excluding carboxylic acids is 2. The summed E-state index contributed by atoms with van der Waals surface area (Å²) in [5.74, 6) is 0.246. The molecule has 2 heterocycles. The van der Waals surface area contributed by atoms with Crippen molar-refractivity contribution >= 4 is 11.8 Å². The van der Waals surface area contributed by atoms with Crippen LogP contribution in [0, 0.1) is 5.92 Å². The molecule has 0 unspecified atom stereocenters. The summed E-state index contributed by atoms with van der Waals surface area (Å²) in [4.78, 5) is 28.1. The van der Waals surface area contributed by atoms with Gasteiger partial charge in [-0.3, -0.25) is 14.5 Å². The normalized spacial score (nSPS) is 19.2. The molecule has 0 spiro atoms. The molecule has 6 nitrogen and oxygen atoms in total. The van der Waals surface area contributed by atoms with Gasteiger partial charge in [-0.05, 0) is 5.56 Å². The van der Waals surface area contributed by atoms with E-state index in [1.54, 1.807) is 0 Å². The molecular formula is C17H23N3O3. The molecule has 2 fully saturated rings. The Balaban J connectivity index is 1.35. The summed E-state index contributed by atoms with van der Waals surface area (Å²) in [6.45, 7) is 4.89. The Hall–Kier alpha value is -1.92. The summed E-state index contributed by atoms with van der Waals surface area (Å²) >= 11 is 0. The zero-order valence-corrected chi connectivity index (χ0v) is 13.2. The molecule has 0 aromatic heterocycles. The fraction of sp³-hybridized carbons (Fsp3) is 0.529. The highest BCUT2D eigenvalue weighted by molar-refractivity contribution is 5.81. The Morgan fingerprint density at radius 3 is 2.52 bits per heavy atom. The van der Waals surface area contributed by atoms with Crippen molar-refractivity contribution in [2.24, 2.45) is 5.92 Å². The number of nitrogens with one attached hydrogen (secondary N) is 1. The Labute approximate surface area is 136 Å². The lowest BCUT2D eigenvalue weighted by Gasteiger charge is -2.40. The van der Waals surface area contributed by atoms with Crippen LogP contribution in [0.15, 0.2) is 30.3 Å². The van der Waals surface area contributed by atoms with E-state index in [0.717, 1.165) is 5.56 Å². The molecule has 0 bridgehead atoms. The van der Waals surface area contributed by atoms with E-state index >= 15 is 0 Å². The summed E-state index contributed by atoms with van der Waals surface area (Å²) in [7, 11) is 0. The fourth-order valence-corrected chi connectivity index (χ4v) is 2.95. The van der Waals surface area contributed by atoms with Crippen LogP contribution in [0.3, 0.4) is 0 Å². The lowest BCUT2D eigenvalue weighted by molar-refractivity contribution is -0.146. The van der Waals surface area contributed by atoms with Crippen molar-refractivity contribution in [1.82, 2.24) is 15.1 Å². The molecule has 0 aliphatic carbocycles. The second-order valence-electron chi connectivity index (χ2n) is 6.09. The molecule has 1 N–H and O–H groups in total. The molecule has 1 aromatic rings. The van der Waals surface area contributed by atoms with Crippen LogP contribution in [0.5, 0.6) is 0 Å². The minimum absolute atomic E-state index is 0.00567. The quantitative estimate of drug-likeness (QED) is 0.836. The minimum Gasteiger partial charge on any atom is -0.378 e. The van der Waals surface area contributed by atoms with Crippen LogP contribution >= 0.6 is 0 Å². The second-order valence-corrected chi connectivity index (χ2v) is 6.09. The van der Waals surface area contributed by atoms with E-state index in [0.29, 0.717) is 52.5 Å². The van der Waals surface area contributed by atoms with Crippen LogP contribution < -0.4 is 5.32 Å². The molecule has 2 aliphatic rings. The zero-order valence-electron chi connectivity index (χ0n) is 13.2. The molecule has 0 atom stereocenters. The molecule has 2 aliphatic heterocycles. The molecule has 2 amide bonds. The third-order valence-electron chi connectivity index (χ3n) is 4.33. The molecule has 6 heteroatoms. The third-order valence-corrected chi connectivity index (χ3v) is 4.33. The molecule has 2 saturated heterocycles. The molecule has 3 rings (SSSR count). The van der Waals surface area contributed by atoms with Crippen LogP contribution in [-0.4, -0.2) is 67.6 Å². The average molecular weight is 317 g/mol. The van der Waals surface area contributed by atoms with Gasteiger partial charge >= 0.3 is 0 Å². The number of likely N-dealkylation sites (tertiary alicyclic amines) is 1. The number of hydrogen-bond donors (Lipinski definition) is 1. The number of hydrogen-bond acceptors (Lipinski definition) is 4. The number of rotatable bonds is 5. The first-order chi connectivity index (χ1) is 11.2. The predicted molar refractivity (Wildman–Crippen MR) is 85.6 cm³/mol. The van der Waals surface area contributed by atoms with Gasteiger partial charge in [0.15, 0.2) is 0 Å². The smallest absolute Gasteiger partial charge is 0.234 e. The van der Waals surface area contributed by atoms with Gasteiger partial charge in [-0.15, -0.1) is 0 Å². The van der Waals surface area contributed by atoms with E-state index in [9.17, 15) is 9.59 Å². The summed E-state index contributed by atoms with van der Waals surface area (Å²) in [6.07, 6.45) is 0. The standard InChI is InChI=1S/C17H23N3O3/c21-16(18-10-14-4-2-1-3-5-14)13-19-11-15(12-19)17(22)20-6-8-23-9-7-20/h1-5,15H,6-13H2,(H,18,21). The second kappa shape index (κ2) is 7.57. The Kier molecular flexibility index (Phi) is 5.25. The Morgan fingerprint density at radius 2 is 1.83 bits per heavy atom. The number of nitrogens with zero attached hydrogens (tertiary/aromatic N) is 2. The largest absolute Gasteiger partial charge is 0.378 e. The lowest BCUT2D eigenvalue weighted by atomic mass is 9.98. The van der Waals surface area contributed by atoms with Gasteiger partial charge in [0, 0.05) is 32.7 Å². The van der Waals surface area contributed by atoms with Crippen LogP contribution in [-0.2, 0) is 20.9 Å². The first-order valence-electron chi connectivity index (χ1n) is 8.12. The van der Waals surface area contributed by atoms with Crippen LogP contribution in [0.4, 0.5) is 0 Å². The van der Waals surface area contributed by atoms with E-state index in [4.69, 9.17) is 4.74 Å². The van der Waals surface area contributed by atoms with Crippen molar-refractivity contribution in [1.29, 1.82) is 0 Å². The maximum absolute atomic E-state index is 12.3. The first-order valence-corrected chi connectivity index (χ1v) is 8.12. The maximum atomic E-state index is 12.3. The number of ether oxygens (including phenoxy) is 1. The average Bonchev–Trinajstić information content (AvgIpc) is 2.57. The maximum Gasteiger partial charge on any atom is 0.234 e. The fourth-order valence-electron chi connectivity index (χ4n) is 2.95. The van der Waals surface area contributed by atoms with E-state index in [2.05, 4.69) is 5.32 Å². The molecule has 23 heavy (non-hydrogen) atoms. The van der Waals surface area contributed by atoms with Gasteiger partial charge in [0.1, 0.15) is 0 Å². The highest BCUT2D eigenvalue weighted by Crippen LogP contribution is 2.18. The molecular weight excluding hydrogens is 294 g/mol. The van der Waals surface area contributed by atoms with Gasteiger partial charge in [0.2, 0.25) is 11.8 Å². The van der Waals surface area contributed by atoms with Gasteiger partial charge in [-0.2, -0.15) is 0 Å². The summed E-state index contributed by atoms with van der Waals surface area (Å²) < 4.78 is 5.26. The molecule has 124 valence electrons. The van der Waals surface area contributed by atoms with Gasteiger partial charge < -0.3 is 15.0 Å². The Morgan fingerprint density at radius 1 is 1.13 bits per heavy atom. The van der Waals surface area contributed by atoms with E-state index in [1.807, 2.05) is 40.1 Å². The van der Waals surface area contributed by atoms with Gasteiger partial charge in [-0.1, -0.05) is 30.3 Å². The summed E-state index contributed by atoms with van der Waals surface area (Å²) in [5, 5.41) is 2.91. The van der Waals surface area contributed by atoms with Gasteiger partial charge in [0.25, 0.3) is 0 Å². The number of carbonyl (C=O) groups is 2. The predicted octanol–water partition coefficient (Wildman–Crippen LogP) is 0.0934. The monoisotopic (exact) mass is 317 g/mol. The minimum atomic E-state index is 0.00567. The molecule has 0 radical (unpaired) electrons. The van der Waals surface area contributed by atoms with Crippen LogP contribution in [0.25, 0.3) is 0 Å². The lowest BCUT2D eigenvalue weighted by Crippen LogP contribution is -2.57. The van der Waals surface area contributed by atoms with E-state index < -0.39 is 0 Å². The highest BCUT2D eigenvalue weighted by atomic mass is 16.5. The number of amides is 2. The molecule has 0 saturated carbocycles. The highest BCUT2D eigenvalue weighted by Gasteiger charge is 2.36. The van der Waals surface area contributed by atoms with Crippen molar-refractivity contribution < 1.29 is 14.3 Å². The van der Waals surface area contributed by atoms with Crippen molar-refractivity contribution in [2.75, 3.05) is 45.9 Å². The Bertz CT molecular complexity index is 537. The SMILES string of the molecule is O=C(CN1CC(C(=O)N2CCOCC2)C1)NCc1ccccc1. The van der Waals surface area contributed by atoms with Crippen molar-refractivity contribution in [2.45, 2.75) is 6.54 Å².